The van der Waals surface area contributed by atoms with Gasteiger partial charge in [0.15, 0.2) is 5.96 Å². The third-order valence-electron chi connectivity index (χ3n) is 3.24. The average molecular weight is 358 g/mol. The normalized spacial score (nSPS) is 18.1. The van der Waals surface area contributed by atoms with E-state index in [1.165, 1.54) is 0 Å². The van der Waals surface area contributed by atoms with Crippen LogP contribution in [-0.2, 0) is 14.2 Å². The number of carbonyl (C=O) groups excluding carboxylic acids is 1. The van der Waals surface area contributed by atoms with Gasteiger partial charge in [-0.3, -0.25) is 4.99 Å². The van der Waals surface area contributed by atoms with Crippen LogP contribution in [0.4, 0.5) is 4.79 Å². The Kier molecular flexibility index (Phi) is 10.3. The predicted octanol–water partition coefficient (Wildman–Crippen LogP) is 1.26. The maximum Gasteiger partial charge on any atom is 0.407 e. The second-order valence-corrected chi connectivity index (χ2v) is 6.83. The molecule has 0 aliphatic carbocycles. The molecule has 1 atom stereocenters. The Morgan fingerprint density at radius 2 is 2.00 bits per heavy atom. The molecule has 0 bridgehead atoms. The first-order valence-corrected chi connectivity index (χ1v) is 9.09. The monoisotopic (exact) mass is 358 g/mol. The van der Waals surface area contributed by atoms with Gasteiger partial charge in [-0.1, -0.05) is 0 Å². The van der Waals surface area contributed by atoms with Crippen molar-refractivity contribution in [3.63, 3.8) is 0 Å². The van der Waals surface area contributed by atoms with Crippen molar-refractivity contribution in [2.24, 2.45) is 4.99 Å². The van der Waals surface area contributed by atoms with E-state index < -0.39 is 11.7 Å². The molecule has 1 heterocycles. The minimum Gasteiger partial charge on any atom is -0.444 e. The van der Waals surface area contributed by atoms with Crippen molar-refractivity contribution in [3.05, 3.63) is 0 Å². The maximum atomic E-state index is 11.6. The topological polar surface area (TPSA) is 93.2 Å². The summed E-state index contributed by atoms with van der Waals surface area (Å²) < 4.78 is 16.2. The smallest absolute Gasteiger partial charge is 0.407 e. The van der Waals surface area contributed by atoms with E-state index in [1.807, 2.05) is 27.7 Å². The van der Waals surface area contributed by atoms with Gasteiger partial charge >= 0.3 is 6.09 Å². The van der Waals surface area contributed by atoms with E-state index in [1.54, 1.807) is 0 Å². The van der Waals surface area contributed by atoms with Gasteiger partial charge in [0.25, 0.3) is 0 Å². The highest BCUT2D eigenvalue weighted by atomic mass is 16.6. The van der Waals surface area contributed by atoms with Crippen LogP contribution in [0.1, 0.15) is 40.5 Å². The van der Waals surface area contributed by atoms with Crippen LogP contribution in [0.25, 0.3) is 0 Å². The van der Waals surface area contributed by atoms with E-state index in [0.717, 1.165) is 32.0 Å². The van der Waals surface area contributed by atoms with Gasteiger partial charge in [0.2, 0.25) is 0 Å². The fourth-order valence-electron chi connectivity index (χ4n) is 2.15. The molecule has 0 aromatic carbocycles. The van der Waals surface area contributed by atoms with Crippen molar-refractivity contribution in [1.82, 2.24) is 16.0 Å². The van der Waals surface area contributed by atoms with E-state index in [4.69, 9.17) is 14.2 Å². The molecule has 1 unspecified atom stereocenters. The van der Waals surface area contributed by atoms with Crippen LogP contribution in [0.5, 0.6) is 0 Å². The van der Waals surface area contributed by atoms with Crippen molar-refractivity contribution < 1.29 is 19.0 Å². The van der Waals surface area contributed by atoms with Gasteiger partial charge in [0.1, 0.15) is 5.60 Å². The molecule has 1 aliphatic heterocycles. The molecular weight excluding hydrogens is 324 g/mol. The van der Waals surface area contributed by atoms with Crippen molar-refractivity contribution in [2.75, 3.05) is 46.0 Å². The first-order chi connectivity index (χ1) is 11.9. The number of ether oxygens (including phenoxy) is 3. The Labute approximate surface area is 151 Å². The number of rotatable bonds is 9. The minimum absolute atomic E-state index is 0.245. The summed E-state index contributed by atoms with van der Waals surface area (Å²) in [5, 5.41) is 9.06. The number of guanidine groups is 1. The number of alkyl carbamates (subject to hydrolysis) is 1. The molecule has 0 aromatic heterocycles. The zero-order valence-electron chi connectivity index (χ0n) is 16.0. The summed E-state index contributed by atoms with van der Waals surface area (Å²) in [5.41, 5.74) is -0.486. The number of amides is 1. The van der Waals surface area contributed by atoms with Crippen LogP contribution >= 0.6 is 0 Å². The molecule has 8 nitrogen and oxygen atoms in total. The highest BCUT2D eigenvalue weighted by molar-refractivity contribution is 5.79. The van der Waals surface area contributed by atoms with Crippen LogP contribution in [-0.4, -0.2) is 69.8 Å². The highest BCUT2D eigenvalue weighted by Crippen LogP contribution is 2.08. The van der Waals surface area contributed by atoms with Gasteiger partial charge in [-0.15, -0.1) is 0 Å². The molecule has 3 N–H and O–H groups in total. The largest absolute Gasteiger partial charge is 0.444 e. The number of hydrogen-bond acceptors (Lipinski definition) is 5. The molecule has 0 radical (unpaired) electrons. The SMILES string of the molecule is CCNC(=NCCCOC1CCOC1)NCCNC(=O)OC(C)(C)C. The van der Waals surface area contributed by atoms with Gasteiger partial charge in [0, 0.05) is 39.4 Å². The Morgan fingerprint density at radius 3 is 2.64 bits per heavy atom. The molecule has 0 saturated carbocycles. The predicted molar refractivity (Wildman–Crippen MR) is 98.0 cm³/mol. The molecule has 1 fully saturated rings. The Bertz CT molecular complexity index is 404. The summed E-state index contributed by atoms with van der Waals surface area (Å²) >= 11 is 0. The van der Waals surface area contributed by atoms with Gasteiger partial charge in [-0.05, 0) is 40.5 Å². The quantitative estimate of drug-likeness (QED) is 0.326. The molecule has 25 heavy (non-hydrogen) atoms. The summed E-state index contributed by atoms with van der Waals surface area (Å²) in [6.45, 7) is 12.2. The first kappa shape index (κ1) is 21.5. The van der Waals surface area contributed by atoms with Gasteiger partial charge in [0.05, 0.1) is 12.7 Å². The standard InChI is InChI=1S/C17H34N4O4/c1-5-18-15(19-8-6-11-24-14-7-12-23-13-14)20-9-10-21-16(22)25-17(2,3)4/h14H,5-13H2,1-4H3,(H,21,22)(H2,18,19,20). The molecular formula is C17H34N4O4. The molecule has 8 heteroatoms. The third-order valence-corrected chi connectivity index (χ3v) is 3.24. The Hall–Kier alpha value is -1.54. The molecule has 146 valence electrons. The maximum absolute atomic E-state index is 11.6. The van der Waals surface area contributed by atoms with Crippen LogP contribution < -0.4 is 16.0 Å². The lowest BCUT2D eigenvalue weighted by Crippen LogP contribution is -2.42. The summed E-state index contributed by atoms with van der Waals surface area (Å²) in [4.78, 5) is 16.0. The van der Waals surface area contributed by atoms with Crippen LogP contribution in [0, 0.1) is 0 Å². The number of nitrogens with one attached hydrogen (secondary N) is 3. The van der Waals surface area contributed by atoms with E-state index in [9.17, 15) is 4.79 Å². The summed E-state index contributed by atoms with van der Waals surface area (Å²) in [6, 6.07) is 0. The van der Waals surface area contributed by atoms with Crippen molar-refractivity contribution in [3.8, 4) is 0 Å². The number of hydrogen-bond donors (Lipinski definition) is 3. The fraction of sp³-hybridized carbons (Fsp3) is 0.882. The van der Waals surface area contributed by atoms with E-state index in [-0.39, 0.29) is 6.10 Å². The second-order valence-electron chi connectivity index (χ2n) is 6.83. The van der Waals surface area contributed by atoms with E-state index in [0.29, 0.717) is 32.8 Å². The summed E-state index contributed by atoms with van der Waals surface area (Å²) in [5.74, 6) is 0.734. The van der Waals surface area contributed by atoms with Crippen molar-refractivity contribution in [2.45, 2.75) is 52.2 Å². The highest BCUT2D eigenvalue weighted by Gasteiger charge is 2.16. The minimum atomic E-state index is -0.486. The van der Waals surface area contributed by atoms with E-state index in [2.05, 4.69) is 20.9 Å². The van der Waals surface area contributed by atoms with Crippen molar-refractivity contribution >= 4 is 12.1 Å². The lowest BCUT2D eigenvalue weighted by Gasteiger charge is -2.19. The molecule has 0 aromatic rings. The van der Waals surface area contributed by atoms with E-state index >= 15 is 0 Å². The molecule has 0 spiro atoms. The average Bonchev–Trinajstić information content (AvgIpc) is 3.02. The van der Waals surface area contributed by atoms with Gasteiger partial charge in [-0.25, -0.2) is 4.79 Å². The number of aliphatic imine (C=N–C) groups is 1. The Morgan fingerprint density at radius 1 is 1.24 bits per heavy atom. The second kappa shape index (κ2) is 11.9. The summed E-state index contributed by atoms with van der Waals surface area (Å²) in [7, 11) is 0. The van der Waals surface area contributed by atoms with Crippen LogP contribution in [0.15, 0.2) is 4.99 Å². The van der Waals surface area contributed by atoms with Crippen LogP contribution in [0.2, 0.25) is 0 Å². The molecule has 1 rings (SSSR count). The van der Waals surface area contributed by atoms with Crippen molar-refractivity contribution in [1.29, 1.82) is 0 Å². The zero-order valence-corrected chi connectivity index (χ0v) is 16.0. The molecule has 1 amide bonds. The van der Waals surface area contributed by atoms with Gasteiger partial charge in [-0.2, -0.15) is 0 Å². The Balaban J connectivity index is 2.13. The zero-order chi connectivity index (χ0) is 18.5. The summed E-state index contributed by atoms with van der Waals surface area (Å²) in [6.07, 6.45) is 1.68. The lowest BCUT2D eigenvalue weighted by molar-refractivity contribution is 0.0424. The third kappa shape index (κ3) is 11.6. The number of nitrogens with zero attached hydrogens (tertiary/aromatic N) is 1. The lowest BCUT2D eigenvalue weighted by atomic mass is 10.2. The van der Waals surface area contributed by atoms with Gasteiger partial charge < -0.3 is 30.2 Å². The number of carbonyl (C=O) groups is 1. The fourth-order valence-corrected chi connectivity index (χ4v) is 2.15. The molecule has 1 aliphatic rings. The first-order valence-electron chi connectivity index (χ1n) is 9.09. The van der Waals surface area contributed by atoms with Crippen LogP contribution in [0.3, 0.4) is 0 Å². The molecule has 1 saturated heterocycles.